The van der Waals surface area contributed by atoms with E-state index in [0.717, 1.165) is 25.7 Å². The summed E-state index contributed by atoms with van der Waals surface area (Å²) >= 11 is 0. The van der Waals surface area contributed by atoms with Crippen LogP contribution in [0.1, 0.15) is 50.0 Å². The number of nitrogens with one attached hydrogen (secondary N) is 1. The molecule has 7 heteroatoms. The number of nitrogens with zero attached hydrogens (tertiary/aromatic N) is 1. The second-order valence-corrected chi connectivity index (χ2v) is 7.98. The van der Waals surface area contributed by atoms with Gasteiger partial charge in [0.05, 0.1) is 0 Å². The Labute approximate surface area is 125 Å². The summed E-state index contributed by atoms with van der Waals surface area (Å²) in [5.41, 5.74) is 0.0779. The Balaban J connectivity index is 2.16. The van der Waals surface area contributed by atoms with Crippen molar-refractivity contribution in [3.63, 3.8) is 0 Å². The second kappa shape index (κ2) is 5.46. The summed E-state index contributed by atoms with van der Waals surface area (Å²) in [5.74, 6) is 0.434. The van der Waals surface area contributed by atoms with Crippen molar-refractivity contribution >= 4 is 15.9 Å². The van der Waals surface area contributed by atoms with Gasteiger partial charge in [0, 0.05) is 18.8 Å². The molecule has 1 heterocycles. The van der Waals surface area contributed by atoms with E-state index in [2.05, 4.69) is 12.2 Å². The topological polar surface area (TPSA) is 94.2 Å². The lowest BCUT2D eigenvalue weighted by molar-refractivity contribution is 0.0861. The highest BCUT2D eigenvalue weighted by molar-refractivity contribution is 7.89. The first-order valence-electron chi connectivity index (χ1n) is 7.12. The first-order chi connectivity index (χ1) is 9.61. The Kier molecular flexibility index (Phi) is 4.17. The number of rotatable bonds is 3. The van der Waals surface area contributed by atoms with Crippen LogP contribution in [0.3, 0.4) is 0 Å². The van der Waals surface area contributed by atoms with E-state index in [0.29, 0.717) is 11.6 Å². The minimum atomic E-state index is -3.79. The number of sulfonamides is 1. The molecule has 1 fully saturated rings. The van der Waals surface area contributed by atoms with E-state index < -0.39 is 10.0 Å². The van der Waals surface area contributed by atoms with Crippen LogP contribution in [0.25, 0.3) is 0 Å². The standard InChI is InChI=1S/C14H23N3O3S/c1-10-4-6-14(2,7-5-10)16-13(18)12-8-11(9-17(12)3)21(15,19)20/h8-10H,4-7H2,1-3H3,(H,16,18)(H2,15,19,20). The zero-order valence-electron chi connectivity index (χ0n) is 12.7. The van der Waals surface area contributed by atoms with Gasteiger partial charge in [-0.15, -0.1) is 0 Å². The zero-order chi connectivity index (χ0) is 15.8. The quantitative estimate of drug-likeness (QED) is 0.882. The first kappa shape index (κ1) is 16.0. The second-order valence-electron chi connectivity index (χ2n) is 6.41. The summed E-state index contributed by atoms with van der Waals surface area (Å²) in [6.07, 6.45) is 5.41. The predicted octanol–water partition coefficient (Wildman–Crippen LogP) is 1.37. The van der Waals surface area contributed by atoms with Crippen molar-refractivity contribution in [1.82, 2.24) is 9.88 Å². The van der Waals surface area contributed by atoms with Gasteiger partial charge in [0.2, 0.25) is 10.0 Å². The highest BCUT2D eigenvalue weighted by Crippen LogP contribution is 2.31. The highest BCUT2D eigenvalue weighted by atomic mass is 32.2. The molecule has 0 atom stereocenters. The molecular weight excluding hydrogens is 290 g/mol. The van der Waals surface area contributed by atoms with Crippen LogP contribution >= 0.6 is 0 Å². The third-order valence-corrected chi connectivity index (χ3v) is 5.21. The number of carbonyl (C=O) groups excluding carboxylic acids is 1. The average Bonchev–Trinajstić information content (AvgIpc) is 2.75. The summed E-state index contributed by atoms with van der Waals surface area (Å²) in [6.45, 7) is 4.26. The van der Waals surface area contributed by atoms with Gasteiger partial charge in [0.15, 0.2) is 0 Å². The molecule has 1 aliphatic carbocycles. The van der Waals surface area contributed by atoms with Crippen LogP contribution in [-0.4, -0.2) is 24.4 Å². The maximum Gasteiger partial charge on any atom is 0.268 e. The van der Waals surface area contributed by atoms with Crippen LogP contribution in [-0.2, 0) is 17.1 Å². The molecule has 1 aromatic heterocycles. The lowest BCUT2D eigenvalue weighted by Gasteiger charge is -2.37. The molecule has 1 amide bonds. The third-order valence-electron chi connectivity index (χ3n) is 4.33. The van der Waals surface area contributed by atoms with Crippen LogP contribution in [0.15, 0.2) is 17.2 Å². The largest absolute Gasteiger partial charge is 0.346 e. The van der Waals surface area contributed by atoms with Gasteiger partial charge < -0.3 is 9.88 Å². The van der Waals surface area contributed by atoms with E-state index in [4.69, 9.17) is 5.14 Å². The number of aromatic nitrogens is 1. The monoisotopic (exact) mass is 313 g/mol. The molecule has 118 valence electrons. The van der Waals surface area contributed by atoms with Crippen molar-refractivity contribution in [3.05, 3.63) is 18.0 Å². The molecular formula is C14H23N3O3S. The van der Waals surface area contributed by atoms with Crippen molar-refractivity contribution in [2.45, 2.75) is 50.0 Å². The van der Waals surface area contributed by atoms with Gasteiger partial charge in [-0.05, 0) is 44.6 Å². The zero-order valence-corrected chi connectivity index (χ0v) is 13.5. The van der Waals surface area contributed by atoms with Crippen LogP contribution in [0.4, 0.5) is 0 Å². The third kappa shape index (κ3) is 3.65. The van der Waals surface area contributed by atoms with Crippen molar-refractivity contribution in [3.8, 4) is 0 Å². The molecule has 1 aromatic rings. The van der Waals surface area contributed by atoms with Crippen LogP contribution < -0.4 is 10.5 Å². The Morgan fingerprint density at radius 2 is 2.00 bits per heavy atom. The van der Waals surface area contributed by atoms with Gasteiger partial charge in [-0.2, -0.15) is 0 Å². The van der Waals surface area contributed by atoms with Gasteiger partial charge in [0.1, 0.15) is 10.6 Å². The maximum atomic E-state index is 12.4. The lowest BCUT2D eigenvalue weighted by atomic mass is 9.78. The van der Waals surface area contributed by atoms with Gasteiger partial charge in [-0.3, -0.25) is 4.79 Å². The smallest absolute Gasteiger partial charge is 0.268 e. The van der Waals surface area contributed by atoms with Crippen LogP contribution in [0.5, 0.6) is 0 Å². The molecule has 0 radical (unpaired) electrons. The Hall–Kier alpha value is -1.34. The van der Waals surface area contributed by atoms with Gasteiger partial charge >= 0.3 is 0 Å². The molecule has 0 aromatic carbocycles. The van der Waals surface area contributed by atoms with Crippen molar-refractivity contribution < 1.29 is 13.2 Å². The minimum absolute atomic E-state index is 0.0439. The Morgan fingerprint density at radius 3 is 2.48 bits per heavy atom. The van der Waals surface area contributed by atoms with Gasteiger partial charge in [-0.25, -0.2) is 13.6 Å². The predicted molar refractivity (Wildman–Crippen MR) is 80.3 cm³/mol. The molecule has 0 saturated heterocycles. The average molecular weight is 313 g/mol. The van der Waals surface area contributed by atoms with E-state index >= 15 is 0 Å². The maximum absolute atomic E-state index is 12.4. The normalized spacial score (nSPS) is 26.6. The first-order valence-corrected chi connectivity index (χ1v) is 8.67. The Morgan fingerprint density at radius 1 is 1.43 bits per heavy atom. The fourth-order valence-electron chi connectivity index (χ4n) is 2.78. The fraction of sp³-hybridized carbons (Fsp3) is 0.643. The Bertz CT molecular complexity index is 640. The van der Waals surface area contributed by atoms with E-state index in [-0.39, 0.29) is 16.3 Å². The number of amides is 1. The SMILES string of the molecule is CC1CCC(C)(NC(=O)c2cc(S(N)(=O)=O)cn2C)CC1. The molecule has 3 N–H and O–H groups in total. The van der Waals surface area contributed by atoms with Crippen molar-refractivity contribution in [2.24, 2.45) is 18.1 Å². The minimum Gasteiger partial charge on any atom is -0.346 e. The number of aryl methyl sites for hydroxylation is 1. The van der Waals surface area contributed by atoms with Gasteiger partial charge in [0.25, 0.3) is 5.91 Å². The number of primary sulfonamides is 1. The highest BCUT2D eigenvalue weighted by Gasteiger charge is 2.32. The van der Waals surface area contributed by atoms with Crippen molar-refractivity contribution in [1.29, 1.82) is 0 Å². The summed E-state index contributed by atoms with van der Waals surface area (Å²) in [7, 11) is -2.16. The molecule has 0 aliphatic heterocycles. The number of hydrogen-bond donors (Lipinski definition) is 2. The molecule has 1 saturated carbocycles. The van der Waals surface area contributed by atoms with Crippen LogP contribution in [0.2, 0.25) is 0 Å². The summed E-state index contributed by atoms with van der Waals surface area (Å²) < 4.78 is 24.2. The van der Waals surface area contributed by atoms with Gasteiger partial charge in [-0.1, -0.05) is 6.92 Å². The number of nitrogens with two attached hydrogens (primary N) is 1. The van der Waals surface area contributed by atoms with E-state index in [1.807, 2.05) is 6.92 Å². The molecule has 0 spiro atoms. The van der Waals surface area contributed by atoms with Crippen molar-refractivity contribution in [2.75, 3.05) is 0 Å². The lowest BCUT2D eigenvalue weighted by Crippen LogP contribution is -2.48. The van der Waals surface area contributed by atoms with E-state index in [1.165, 1.54) is 16.8 Å². The van der Waals surface area contributed by atoms with E-state index in [9.17, 15) is 13.2 Å². The molecule has 0 bridgehead atoms. The summed E-state index contributed by atoms with van der Waals surface area (Å²) in [6, 6.07) is 1.32. The number of carbonyl (C=O) groups is 1. The van der Waals surface area contributed by atoms with Crippen LogP contribution in [0, 0.1) is 5.92 Å². The summed E-state index contributed by atoms with van der Waals surface area (Å²) in [4.78, 5) is 12.3. The van der Waals surface area contributed by atoms with E-state index in [1.54, 1.807) is 7.05 Å². The molecule has 2 rings (SSSR count). The summed E-state index contributed by atoms with van der Waals surface area (Å²) in [5, 5.41) is 8.13. The molecule has 0 unspecified atom stereocenters. The molecule has 1 aliphatic rings. The molecule has 21 heavy (non-hydrogen) atoms. The number of hydrogen-bond acceptors (Lipinski definition) is 3. The molecule has 6 nitrogen and oxygen atoms in total. The fourth-order valence-corrected chi connectivity index (χ4v) is 3.36.